The Morgan fingerprint density at radius 3 is 2.61 bits per heavy atom. The van der Waals surface area contributed by atoms with E-state index in [1.54, 1.807) is 35.1 Å². The van der Waals surface area contributed by atoms with E-state index < -0.39 is 11.8 Å². The molecule has 0 fully saturated rings. The SMILES string of the molecule is COC(=O)C(=O)c1ccc2nn(Cc3ccc(F)cc3)cc2c1. The fourth-order valence-corrected chi connectivity index (χ4v) is 2.29. The number of ketones is 1. The summed E-state index contributed by atoms with van der Waals surface area (Å²) in [5.74, 6) is -1.88. The number of hydrogen-bond donors (Lipinski definition) is 0. The minimum atomic E-state index is -0.900. The fraction of sp³-hybridized carbons (Fsp3) is 0.118. The van der Waals surface area contributed by atoms with Crippen LogP contribution in [0.2, 0.25) is 0 Å². The van der Waals surface area contributed by atoms with Gasteiger partial charge in [0.05, 0.1) is 19.2 Å². The third kappa shape index (κ3) is 3.11. The van der Waals surface area contributed by atoms with Gasteiger partial charge in [-0.05, 0) is 35.9 Å². The van der Waals surface area contributed by atoms with Gasteiger partial charge in [0.25, 0.3) is 5.78 Å². The maximum atomic E-state index is 12.9. The molecule has 3 rings (SSSR count). The molecule has 23 heavy (non-hydrogen) atoms. The van der Waals surface area contributed by atoms with E-state index in [1.807, 2.05) is 0 Å². The van der Waals surface area contributed by atoms with Gasteiger partial charge < -0.3 is 4.74 Å². The Hall–Kier alpha value is -3.02. The molecule has 0 aliphatic rings. The van der Waals surface area contributed by atoms with Gasteiger partial charge in [0.15, 0.2) is 0 Å². The lowest BCUT2D eigenvalue weighted by Gasteiger charge is -2.00. The maximum absolute atomic E-state index is 12.9. The van der Waals surface area contributed by atoms with Gasteiger partial charge in [0.2, 0.25) is 0 Å². The molecule has 6 heteroatoms. The van der Waals surface area contributed by atoms with Crippen molar-refractivity contribution in [1.82, 2.24) is 9.78 Å². The predicted octanol–water partition coefficient (Wildman–Crippen LogP) is 2.58. The number of ether oxygens (including phenoxy) is 1. The lowest BCUT2D eigenvalue weighted by Crippen LogP contribution is -2.15. The Labute approximate surface area is 131 Å². The van der Waals surface area contributed by atoms with Crippen LogP contribution < -0.4 is 0 Å². The van der Waals surface area contributed by atoms with Crippen LogP contribution in [0.4, 0.5) is 4.39 Å². The maximum Gasteiger partial charge on any atom is 0.379 e. The smallest absolute Gasteiger partial charge is 0.379 e. The van der Waals surface area contributed by atoms with Crippen molar-refractivity contribution < 1.29 is 18.7 Å². The molecule has 0 aliphatic heterocycles. The first kappa shape index (κ1) is 14.9. The number of fused-ring (bicyclic) bond motifs is 1. The van der Waals surface area contributed by atoms with Gasteiger partial charge in [-0.25, -0.2) is 9.18 Å². The normalized spacial score (nSPS) is 10.7. The third-order valence-corrected chi connectivity index (χ3v) is 3.44. The molecule has 0 amide bonds. The zero-order valence-electron chi connectivity index (χ0n) is 12.3. The standard InChI is InChI=1S/C17H13FN2O3/c1-23-17(22)16(21)12-4-7-15-13(8-12)10-20(19-15)9-11-2-5-14(18)6-3-11/h2-8,10H,9H2,1H3. The summed E-state index contributed by atoms with van der Waals surface area (Å²) in [6, 6.07) is 11.0. The second-order valence-electron chi connectivity index (χ2n) is 5.05. The summed E-state index contributed by atoms with van der Waals surface area (Å²) in [6.07, 6.45) is 1.77. The number of rotatable bonds is 4. The van der Waals surface area contributed by atoms with Gasteiger partial charge in [-0.3, -0.25) is 9.48 Å². The first-order valence-electron chi connectivity index (χ1n) is 6.91. The Kier molecular flexibility index (Phi) is 3.89. The first-order valence-corrected chi connectivity index (χ1v) is 6.91. The highest BCUT2D eigenvalue weighted by Crippen LogP contribution is 2.16. The van der Waals surface area contributed by atoms with Crippen LogP contribution in [0, 0.1) is 5.82 Å². The van der Waals surface area contributed by atoms with Crippen LogP contribution in [0.1, 0.15) is 15.9 Å². The summed E-state index contributed by atoms with van der Waals surface area (Å²) >= 11 is 0. The van der Waals surface area contributed by atoms with Crippen LogP contribution in [0.15, 0.2) is 48.7 Å². The minimum absolute atomic E-state index is 0.255. The third-order valence-electron chi connectivity index (χ3n) is 3.44. The molecule has 2 aromatic carbocycles. The van der Waals surface area contributed by atoms with E-state index in [2.05, 4.69) is 9.84 Å². The average molecular weight is 312 g/mol. The quantitative estimate of drug-likeness (QED) is 0.422. The lowest BCUT2D eigenvalue weighted by molar-refractivity contribution is -0.135. The molecule has 0 unspecified atom stereocenters. The molecule has 0 N–H and O–H groups in total. The van der Waals surface area contributed by atoms with Gasteiger partial charge in [-0.2, -0.15) is 5.10 Å². The van der Waals surface area contributed by atoms with Crippen molar-refractivity contribution in [2.45, 2.75) is 6.54 Å². The molecule has 0 aliphatic carbocycles. The van der Waals surface area contributed by atoms with Crippen molar-refractivity contribution in [3.8, 4) is 0 Å². The highest BCUT2D eigenvalue weighted by Gasteiger charge is 2.17. The molecule has 3 aromatic rings. The summed E-state index contributed by atoms with van der Waals surface area (Å²) in [6.45, 7) is 0.481. The zero-order valence-corrected chi connectivity index (χ0v) is 12.3. The summed E-state index contributed by atoms with van der Waals surface area (Å²) in [4.78, 5) is 23.1. The number of halogens is 1. The summed E-state index contributed by atoms with van der Waals surface area (Å²) in [5, 5.41) is 5.13. The zero-order chi connectivity index (χ0) is 16.4. The molecule has 0 radical (unpaired) electrons. The number of aromatic nitrogens is 2. The highest BCUT2D eigenvalue weighted by atomic mass is 19.1. The van der Waals surface area contributed by atoms with Gasteiger partial charge in [0.1, 0.15) is 5.82 Å². The van der Waals surface area contributed by atoms with E-state index in [4.69, 9.17) is 0 Å². The van der Waals surface area contributed by atoms with E-state index in [0.29, 0.717) is 12.1 Å². The second kappa shape index (κ2) is 6.00. The number of nitrogens with zero attached hydrogens (tertiary/aromatic N) is 2. The van der Waals surface area contributed by atoms with Crippen molar-refractivity contribution in [2.75, 3.05) is 7.11 Å². The predicted molar refractivity (Wildman–Crippen MR) is 81.6 cm³/mol. The number of esters is 1. The van der Waals surface area contributed by atoms with Crippen molar-refractivity contribution >= 4 is 22.7 Å². The van der Waals surface area contributed by atoms with Gasteiger partial charge in [-0.1, -0.05) is 12.1 Å². The van der Waals surface area contributed by atoms with Crippen LogP contribution in [0.3, 0.4) is 0 Å². The van der Waals surface area contributed by atoms with E-state index in [0.717, 1.165) is 10.9 Å². The molecule has 0 bridgehead atoms. The van der Waals surface area contributed by atoms with Gasteiger partial charge >= 0.3 is 5.97 Å². The lowest BCUT2D eigenvalue weighted by atomic mass is 10.1. The molecule has 0 saturated heterocycles. The van der Waals surface area contributed by atoms with Crippen LogP contribution in [-0.2, 0) is 16.1 Å². The molecule has 1 heterocycles. The largest absolute Gasteiger partial charge is 0.463 e. The molecule has 1 aromatic heterocycles. The summed E-state index contributed by atoms with van der Waals surface area (Å²) in [5.41, 5.74) is 1.87. The number of Topliss-reactive ketones (excluding diaryl/α,β-unsaturated/α-hetero) is 1. The Bertz CT molecular complexity index is 884. The fourth-order valence-electron chi connectivity index (χ4n) is 2.29. The highest BCUT2D eigenvalue weighted by molar-refractivity contribution is 6.40. The second-order valence-corrected chi connectivity index (χ2v) is 5.05. The van der Waals surface area contributed by atoms with E-state index in [9.17, 15) is 14.0 Å². The van der Waals surface area contributed by atoms with E-state index in [-0.39, 0.29) is 11.4 Å². The molecule has 116 valence electrons. The van der Waals surface area contributed by atoms with Crippen LogP contribution in [0.5, 0.6) is 0 Å². The molecule has 0 saturated carbocycles. The Morgan fingerprint density at radius 1 is 1.17 bits per heavy atom. The Balaban J connectivity index is 1.88. The molecular formula is C17H13FN2O3. The monoisotopic (exact) mass is 312 g/mol. The van der Waals surface area contributed by atoms with Crippen molar-refractivity contribution in [3.05, 3.63) is 65.6 Å². The van der Waals surface area contributed by atoms with Crippen molar-refractivity contribution in [2.24, 2.45) is 0 Å². The number of hydrogen-bond acceptors (Lipinski definition) is 4. The van der Waals surface area contributed by atoms with Crippen LogP contribution >= 0.6 is 0 Å². The minimum Gasteiger partial charge on any atom is -0.463 e. The number of methoxy groups -OCH3 is 1. The summed E-state index contributed by atoms with van der Waals surface area (Å²) in [7, 11) is 1.17. The topological polar surface area (TPSA) is 61.2 Å². The van der Waals surface area contributed by atoms with Gasteiger partial charge in [-0.15, -0.1) is 0 Å². The number of carbonyl (C=O) groups is 2. The molecule has 5 nitrogen and oxygen atoms in total. The molecular weight excluding hydrogens is 299 g/mol. The van der Waals surface area contributed by atoms with Crippen molar-refractivity contribution in [1.29, 1.82) is 0 Å². The van der Waals surface area contributed by atoms with Crippen molar-refractivity contribution in [3.63, 3.8) is 0 Å². The Morgan fingerprint density at radius 2 is 1.91 bits per heavy atom. The first-order chi connectivity index (χ1) is 11.1. The average Bonchev–Trinajstić information content (AvgIpc) is 2.96. The van der Waals surface area contributed by atoms with Crippen LogP contribution in [-0.4, -0.2) is 28.6 Å². The molecule has 0 spiro atoms. The van der Waals surface area contributed by atoms with E-state index >= 15 is 0 Å². The van der Waals surface area contributed by atoms with Gasteiger partial charge in [0, 0.05) is 17.1 Å². The number of carbonyl (C=O) groups excluding carboxylic acids is 2. The van der Waals surface area contributed by atoms with E-state index in [1.165, 1.54) is 25.3 Å². The molecule has 0 atom stereocenters. The summed E-state index contributed by atoms with van der Waals surface area (Å²) < 4.78 is 19.0. The number of benzene rings is 2. The van der Waals surface area contributed by atoms with Crippen LogP contribution in [0.25, 0.3) is 10.9 Å².